The maximum absolute atomic E-state index is 5.36. The minimum atomic E-state index is 0.971. The zero-order valence-electron chi connectivity index (χ0n) is 12.4. The van der Waals surface area contributed by atoms with Crippen LogP contribution in [0.25, 0.3) is 0 Å². The molecule has 2 rings (SSSR count). The van der Waals surface area contributed by atoms with Gasteiger partial charge in [-0.2, -0.15) is 0 Å². The van der Waals surface area contributed by atoms with Crippen molar-refractivity contribution in [3.63, 3.8) is 0 Å². The highest BCUT2D eigenvalue weighted by molar-refractivity contribution is 7.10. The fraction of sp³-hybridized carbons (Fsp3) is 0.412. The molecule has 0 N–H and O–H groups in total. The molecular weight excluding hydrogens is 263 g/mol. The van der Waals surface area contributed by atoms with Crippen LogP contribution in [0, 0.1) is 0 Å². The molecule has 0 fully saturated rings. The van der Waals surface area contributed by atoms with E-state index in [1.54, 1.807) is 17.6 Å². The molecule has 0 saturated carbocycles. The van der Waals surface area contributed by atoms with Gasteiger partial charge in [-0.3, -0.25) is 0 Å². The zero-order valence-corrected chi connectivity index (χ0v) is 13.2. The minimum absolute atomic E-state index is 0.971. The number of unbranched alkanes of at least 4 members (excludes halogenated alkanes) is 1. The van der Waals surface area contributed by atoms with Crippen LogP contribution in [-0.2, 0) is 12.8 Å². The van der Waals surface area contributed by atoms with Crippen LogP contribution in [-0.4, -0.2) is 14.4 Å². The van der Waals surface area contributed by atoms with Gasteiger partial charge in [-0.15, -0.1) is 11.3 Å². The molecule has 0 aliphatic carbocycles. The van der Waals surface area contributed by atoms with E-state index in [9.17, 15) is 0 Å². The Morgan fingerprint density at radius 1 is 1.15 bits per heavy atom. The molecule has 105 valence electrons. The third-order valence-electron chi connectivity index (χ3n) is 3.56. The van der Waals surface area contributed by atoms with E-state index in [0.717, 1.165) is 12.1 Å². The van der Waals surface area contributed by atoms with Crippen LogP contribution in [0.3, 0.4) is 0 Å². The van der Waals surface area contributed by atoms with Crippen molar-refractivity contribution in [1.82, 2.24) is 0 Å². The highest BCUT2D eigenvalue weighted by atomic mass is 32.1. The molecule has 2 aromatic rings. The zero-order chi connectivity index (χ0) is 14.2. The summed E-state index contributed by atoms with van der Waals surface area (Å²) in [6, 6.07) is 10.5. The third kappa shape index (κ3) is 4.14. The van der Waals surface area contributed by atoms with Gasteiger partial charge in [0.05, 0.1) is 7.11 Å². The number of benzene rings is 1. The highest BCUT2D eigenvalue weighted by Gasteiger charge is 2.04. The van der Waals surface area contributed by atoms with Gasteiger partial charge >= 0.3 is 0 Å². The van der Waals surface area contributed by atoms with E-state index in [1.807, 2.05) is 23.5 Å². The normalized spacial score (nSPS) is 10.5. The number of rotatable bonds is 8. The number of hydrogen-bond donors (Lipinski definition) is 0. The molecule has 1 heterocycles. The van der Waals surface area contributed by atoms with Crippen LogP contribution in [0.2, 0.25) is 6.32 Å². The van der Waals surface area contributed by atoms with Crippen LogP contribution >= 0.6 is 11.3 Å². The molecule has 0 aliphatic rings. The number of thiophene rings is 1. The topological polar surface area (TPSA) is 9.23 Å². The summed E-state index contributed by atoms with van der Waals surface area (Å²) in [6.45, 7) is 2.24. The largest absolute Gasteiger partial charge is 0.497 e. The van der Waals surface area contributed by atoms with Crippen molar-refractivity contribution in [2.75, 3.05) is 7.11 Å². The molecule has 0 atom stereocenters. The Balaban J connectivity index is 1.72. The predicted octanol–water partition coefficient (Wildman–Crippen LogP) is 4.09. The number of hydrogen-bond acceptors (Lipinski definition) is 2. The Hall–Kier alpha value is -1.22. The van der Waals surface area contributed by atoms with Gasteiger partial charge in [0.25, 0.3) is 0 Å². The molecule has 1 nitrogen and oxygen atoms in total. The maximum atomic E-state index is 5.36. The van der Waals surface area contributed by atoms with Crippen molar-refractivity contribution in [1.29, 1.82) is 0 Å². The summed E-state index contributed by atoms with van der Waals surface area (Å²) in [4.78, 5) is 1.55. The third-order valence-corrected chi connectivity index (χ3v) is 4.67. The molecule has 0 aliphatic heterocycles. The summed E-state index contributed by atoms with van der Waals surface area (Å²) in [5.74, 6) is 0.971. The molecule has 3 heteroatoms. The second kappa shape index (κ2) is 8.16. The molecule has 0 bridgehead atoms. The average Bonchev–Trinajstić information content (AvgIpc) is 2.95. The smallest absolute Gasteiger partial charge is 0.156 e. The quantitative estimate of drug-likeness (QED) is 0.524. The molecule has 0 spiro atoms. The average molecular weight is 285 g/mol. The van der Waals surface area contributed by atoms with E-state index in [2.05, 4.69) is 37.8 Å². The lowest BCUT2D eigenvalue weighted by Gasteiger charge is -2.07. The van der Waals surface area contributed by atoms with Gasteiger partial charge in [0.15, 0.2) is 7.28 Å². The summed E-state index contributed by atoms with van der Waals surface area (Å²) in [5.41, 5.74) is 2.76. The van der Waals surface area contributed by atoms with Crippen LogP contribution < -0.4 is 10.2 Å². The van der Waals surface area contributed by atoms with E-state index < -0.39 is 0 Å². The minimum Gasteiger partial charge on any atom is -0.497 e. The summed E-state index contributed by atoms with van der Waals surface area (Å²) in [6.07, 6.45) is 5.99. The monoisotopic (exact) mass is 285 g/mol. The van der Waals surface area contributed by atoms with Crippen molar-refractivity contribution >= 4 is 24.1 Å². The first-order valence-corrected chi connectivity index (χ1v) is 8.24. The van der Waals surface area contributed by atoms with Crippen molar-refractivity contribution in [2.24, 2.45) is 0 Å². The second-order valence-electron chi connectivity index (χ2n) is 4.91. The Morgan fingerprint density at radius 2 is 2.00 bits per heavy atom. The van der Waals surface area contributed by atoms with E-state index in [-0.39, 0.29) is 0 Å². The molecule has 0 saturated heterocycles. The molecule has 0 unspecified atom stereocenters. The lowest BCUT2D eigenvalue weighted by Crippen LogP contribution is -2.16. The summed E-state index contributed by atoms with van der Waals surface area (Å²) in [7, 11) is 4.02. The lowest BCUT2D eigenvalue weighted by atomic mass is 9.65. The molecule has 1 radical (unpaired) electrons. The fourth-order valence-electron chi connectivity index (χ4n) is 2.45. The van der Waals surface area contributed by atoms with Crippen LogP contribution in [0.5, 0.6) is 5.75 Å². The first-order valence-electron chi connectivity index (χ1n) is 7.36. The van der Waals surface area contributed by atoms with Crippen molar-refractivity contribution in [3.05, 3.63) is 46.2 Å². The van der Waals surface area contributed by atoms with E-state index >= 15 is 0 Å². The first-order chi connectivity index (χ1) is 9.85. The Labute approximate surface area is 127 Å². The van der Waals surface area contributed by atoms with Gasteiger partial charge in [0.1, 0.15) is 5.75 Å². The van der Waals surface area contributed by atoms with Gasteiger partial charge in [0.2, 0.25) is 0 Å². The lowest BCUT2D eigenvalue weighted by molar-refractivity contribution is 0.418. The van der Waals surface area contributed by atoms with Crippen LogP contribution in [0.4, 0.5) is 0 Å². The number of ether oxygens (including phenoxy) is 1. The Bertz CT molecular complexity index is 521. The molecule has 1 aromatic carbocycles. The van der Waals surface area contributed by atoms with Gasteiger partial charge in [-0.25, -0.2) is 0 Å². The van der Waals surface area contributed by atoms with Crippen molar-refractivity contribution < 1.29 is 4.74 Å². The molecule has 0 amide bonds. The van der Waals surface area contributed by atoms with Gasteiger partial charge in [-0.05, 0) is 47.8 Å². The van der Waals surface area contributed by atoms with Crippen molar-refractivity contribution in [3.8, 4) is 5.75 Å². The predicted molar refractivity (Wildman–Crippen MR) is 89.8 cm³/mol. The van der Waals surface area contributed by atoms with E-state index in [4.69, 9.17) is 4.74 Å². The Morgan fingerprint density at radius 3 is 2.80 bits per heavy atom. The van der Waals surface area contributed by atoms with Gasteiger partial charge < -0.3 is 4.74 Å². The maximum Gasteiger partial charge on any atom is 0.156 e. The fourth-order valence-corrected chi connectivity index (χ4v) is 3.34. The summed E-state index contributed by atoms with van der Waals surface area (Å²) < 4.78 is 5.36. The standard InChI is InChI=1S/C17H22BOS/c1-3-17-14(11-13-20-17)8-6-7-12-18-15-9-4-5-10-16(15)19-2/h4-5,9-11,13H,3,6-8,12H2,1-2H3. The summed E-state index contributed by atoms with van der Waals surface area (Å²) in [5, 5.41) is 2.22. The first kappa shape index (κ1) is 15.2. The SMILES string of the molecule is CCc1sccc1CCCC[B]c1ccccc1OC. The van der Waals surface area contributed by atoms with Gasteiger partial charge in [0, 0.05) is 4.88 Å². The number of methoxy groups -OCH3 is 1. The second-order valence-corrected chi connectivity index (χ2v) is 5.92. The Kier molecular flexibility index (Phi) is 6.19. The molecule has 1 aromatic heterocycles. The molecule has 20 heavy (non-hydrogen) atoms. The van der Waals surface area contributed by atoms with Crippen molar-refractivity contribution in [2.45, 2.75) is 38.9 Å². The van der Waals surface area contributed by atoms with E-state index in [0.29, 0.717) is 0 Å². The molecular formula is C17H22BOS. The van der Waals surface area contributed by atoms with Gasteiger partial charge in [-0.1, -0.05) is 37.9 Å². The van der Waals surface area contributed by atoms with E-state index in [1.165, 1.54) is 31.1 Å². The number of para-hydroxylation sites is 1. The van der Waals surface area contributed by atoms with Crippen LogP contribution in [0.15, 0.2) is 35.7 Å². The summed E-state index contributed by atoms with van der Waals surface area (Å²) >= 11 is 1.89. The number of aryl methyl sites for hydroxylation is 2. The highest BCUT2D eigenvalue weighted by Crippen LogP contribution is 2.19. The van der Waals surface area contributed by atoms with Crippen LogP contribution in [0.1, 0.15) is 30.2 Å².